The molecular weight excluding hydrogens is 382 g/mol. The average Bonchev–Trinajstić information content (AvgIpc) is 2.79. The number of Topliss-reactive ketones (excluding diaryl/α,β-unsaturated/α-hetero) is 1. The van der Waals surface area contributed by atoms with Crippen LogP contribution in [0.25, 0.3) is 0 Å². The molecule has 3 rings (SSSR count). The lowest BCUT2D eigenvalue weighted by molar-refractivity contribution is 0.0974. The van der Waals surface area contributed by atoms with E-state index in [1.165, 1.54) is 0 Å². The summed E-state index contributed by atoms with van der Waals surface area (Å²) in [6, 6.07) is 23.8. The van der Waals surface area contributed by atoms with Crippen molar-refractivity contribution in [3.63, 3.8) is 0 Å². The minimum atomic E-state index is -0.342. The van der Waals surface area contributed by atoms with E-state index >= 15 is 0 Å². The quantitative estimate of drug-likeness (QED) is 0.378. The van der Waals surface area contributed by atoms with Crippen LogP contribution in [0.1, 0.15) is 52.4 Å². The number of aryl methyl sites for hydroxylation is 2. The summed E-state index contributed by atoms with van der Waals surface area (Å²) in [6.07, 6.45) is 0. The molecule has 0 saturated heterocycles. The molecule has 0 aliphatic carbocycles. The fourth-order valence-electron chi connectivity index (χ4n) is 4.10. The molecule has 162 valence electrons. The maximum Gasteiger partial charge on any atom is 0.174 e. The first-order chi connectivity index (χ1) is 15.0. The molecule has 0 amide bonds. The molecule has 0 N–H and O–H groups in total. The van der Waals surface area contributed by atoms with Crippen molar-refractivity contribution in [1.29, 1.82) is 0 Å². The summed E-state index contributed by atoms with van der Waals surface area (Å²) in [7, 11) is 0. The third kappa shape index (κ3) is 5.62. The summed E-state index contributed by atoms with van der Waals surface area (Å²) in [6.45, 7) is 12.1. The number of nitrogens with zero attached hydrogens (tertiary/aromatic N) is 1. The molecule has 3 nitrogen and oxygen atoms in total. The van der Waals surface area contributed by atoms with Gasteiger partial charge in [-0.2, -0.15) is 0 Å². The first kappa shape index (κ1) is 22.8. The normalized spacial score (nSPS) is 12.0. The lowest BCUT2D eigenvalue weighted by atomic mass is 9.83. The van der Waals surface area contributed by atoms with Gasteiger partial charge in [-0.1, -0.05) is 86.6 Å². The summed E-state index contributed by atoms with van der Waals surface area (Å²) < 4.78 is 6.16. The molecule has 3 aromatic carbocycles. The number of likely N-dealkylation sites (N-methyl/N-ethyl adjacent to an activating group) is 1. The first-order valence-electron chi connectivity index (χ1n) is 11.2. The van der Waals surface area contributed by atoms with Gasteiger partial charge in [0.1, 0.15) is 12.4 Å². The lowest BCUT2D eigenvalue weighted by Crippen LogP contribution is -2.28. The zero-order chi connectivity index (χ0) is 22.2. The third-order valence-corrected chi connectivity index (χ3v) is 5.82. The number of rotatable bonds is 10. The highest BCUT2D eigenvalue weighted by atomic mass is 16.5. The van der Waals surface area contributed by atoms with E-state index < -0.39 is 0 Å². The van der Waals surface area contributed by atoms with E-state index in [1.807, 2.05) is 60.7 Å². The average molecular weight is 416 g/mol. The van der Waals surface area contributed by atoms with E-state index in [9.17, 15) is 4.79 Å². The Balaban J connectivity index is 1.92. The SMILES string of the molecule is CCN(CC)CCOc1c(C)cc(C(C(=O)c2ccccc2)c2ccccc2)cc1C. The van der Waals surface area contributed by atoms with Crippen molar-refractivity contribution >= 4 is 5.78 Å². The topological polar surface area (TPSA) is 29.5 Å². The number of benzene rings is 3. The molecule has 1 atom stereocenters. The number of ketones is 1. The van der Waals surface area contributed by atoms with Crippen LogP contribution in [0, 0.1) is 13.8 Å². The molecule has 31 heavy (non-hydrogen) atoms. The van der Waals surface area contributed by atoms with Crippen LogP contribution in [0.4, 0.5) is 0 Å². The minimum Gasteiger partial charge on any atom is -0.492 e. The van der Waals surface area contributed by atoms with Gasteiger partial charge in [0.25, 0.3) is 0 Å². The molecule has 0 fully saturated rings. The molecule has 0 aliphatic rings. The maximum atomic E-state index is 13.5. The number of carbonyl (C=O) groups is 1. The second-order valence-corrected chi connectivity index (χ2v) is 7.93. The summed E-state index contributed by atoms with van der Waals surface area (Å²) in [5.74, 6) is 0.696. The van der Waals surface area contributed by atoms with E-state index in [1.54, 1.807) is 0 Å². The second kappa shape index (κ2) is 10.9. The zero-order valence-corrected chi connectivity index (χ0v) is 19.1. The summed E-state index contributed by atoms with van der Waals surface area (Å²) in [5, 5.41) is 0. The molecule has 1 unspecified atom stereocenters. The van der Waals surface area contributed by atoms with Crippen LogP contribution in [-0.4, -0.2) is 36.9 Å². The monoisotopic (exact) mass is 415 g/mol. The van der Waals surface area contributed by atoms with Gasteiger partial charge in [-0.25, -0.2) is 0 Å². The number of hydrogen-bond donors (Lipinski definition) is 0. The van der Waals surface area contributed by atoms with Crippen LogP contribution in [-0.2, 0) is 0 Å². The molecule has 0 radical (unpaired) electrons. The van der Waals surface area contributed by atoms with Gasteiger partial charge in [0.05, 0.1) is 5.92 Å². The molecule has 0 aromatic heterocycles. The van der Waals surface area contributed by atoms with Gasteiger partial charge >= 0.3 is 0 Å². The fourth-order valence-corrected chi connectivity index (χ4v) is 4.10. The van der Waals surface area contributed by atoms with Crippen LogP contribution < -0.4 is 4.74 Å². The largest absolute Gasteiger partial charge is 0.492 e. The van der Waals surface area contributed by atoms with E-state index in [4.69, 9.17) is 4.74 Å². The predicted octanol–water partition coefficient (Wildman–Crippen LogP) is 6.04. The van der Waals surface area contributed by atoms with Crippen molar-refractivity contribution in [2.45, 2.75) is 33.6 Å². The lowest BCUT2D eigenvalue weighted by Gasteiger charge is -2.22. The Morgan fingerprint density at radius 2 is 1.39 bits per heavy atom. The Labute approximate surface area is 186 Å². The highest BCUT2D eigenvalue weighted by Gasteiger charge is 2.25. The standard InChI is InChI=1S/C28H33NO2/c1-5-29(6-2)17-18-31-28-21(3)19-25(20-22(28)4)26(23-13-9-7-10-14-23)27(30)24-15-11-8-12-16-24/h7-16,19-20,26H,5-6,17-18H2,1-4H3. The Kier molecular flexibility index (Phi) is 8.02. The van der Waals surface area contributed by atoms with E-state index in [0.717, 1.165) is 53.2 Å². The molecular formula is C28H33NO2. The van der Waals surface area contributed by atoms with Crippen LogP contribution in [0.15, 0.2) is 72.8 Å². The Bertz CT molecular complexity index is 955. The van der Waals surface area contributed by atoms with E-state index in [-0.39, 0.29) is 11.7 Å². The number of ether oxygens (including phenoxy) is 1. The van der Waals surface area contributed by atoms with Gasteiger partial charge in [0.15, 0.2) is 5.78 Å². The first-order valence-corrected chi connectivity index (χ1v) is 11.2. The van der Waals surface area contributed by atoms with Crippen molar-refractivity contribution in [3.8, 4) is 5.75 Å². The molecule has 3 aromatic rings. The van der Waals surface area contributed by atoms with Crippen molar-refractivity contribution in [1.82, 2.24) is 4.90 Å². The highest BCUT2D eigenvalue weighted by molar-refractivity contribution is 6.03. The second-order valence-electron chi connectivity index (χ2n) is 7.93. The van der Waals surface area contributed by atoms with Gasteiger partial charge in [-0.05, 0) is 49.2 Å². The zero-order valence-electron chi connectivity index (χ0n) is 19.1. The van der Waals surface area contributed by atoms with Crippen molar-refractivity contribution < 1.29 is 9.53 Å². The summed E-state index contributed by atoms with van der Waals surface area (Å²) >= 11 is 0. The molecule has 0 aliphatic heterocycles. The fraction of sp³-hybridized carbons (Fsp3) is 0.321. The van der Waals surface area contributed by atoms with Crippen LogP contribution in [0.5, 0.6) is 5.75 Å². The molecule has 3 heteroatoms. The van der Waals surface area contributed by atoms with E-state index in [2.05, 4.69) is 44.7 Å². The van der Waals surface area contributed by atoms with Gasteiger partial charge in [-0.3, -0.25) is 4.79 Å². The third-order valence-electron chi connectivity index (χ3n) is 5.82. The Hall–Kier alpha value is -2.91. The van der Waals surface area contributed by atoms with Gasteiger partial charge in [0.2, 0.25) is 0 Å². The van der Waals surface area contributed by atoms with Crippen LogP contribution >= 0.6 is 0 Å². The van der Waals surface area contributed by atoms with Crippen LogP contribution in [0.3, 0.4) is 0 Å². The van der Waals surface area contributed by atoms with Gasteiger partial charge < -0.3 is 9.64 Å². The maximum absolute atomic E-state index is 13.5. The van der Waals surface area contributed by atoms with Gasteiger partial charge in [-0.15, -0.1) is 0 Å². The molecule has 0 saturated carbocycles. The number of carbonyl (C=O) groups excluding carboxylic acids is 1. The van der Waals surface area contributed by atoms with Gasteiger partial charge in [0, 0.05) is 12.1 Å². The minimum absolute atomic E-state index is 0.112. The van der Waals surface area contributed by atoms with Crippen molar-refractivity contribution in [2.75, 3.05) is 26.2 Å². The summed E-state index contributed by atoms with van der Waals surface area (Å²) in [5.41, 5.74) is 4.87. The number of hydrogen-bond acceptors (Lipinski definition) is 3. The Morgan fingerprint density at radius 3 is 1.94 bits per heavy atom. The van der Waals surface area contributed by atoms with E-state index in [0.29, 0.717) is 6.61 Å². The smallest absolute Gasteiger partial charge is 0.174 e. The van der Waals surface area contributed by atoms with Crippen molar-refractivity contribution in [3.05, 3.63) is 101 Å². The van der Waals surface area contributed by atoms with Crippen molar-refractivity contribution in [2.24, 2.45) is 0 Å². The van der Waals surface area contributed by atoms with Crippen LogP contribution in [0.2, 0.25) is 0 Å². The highest BCUT2D eigenvalue weighted by Crippen LogP contribution is 2.34. The Morgan fingerprint density at radius 1 is 0.839 bits per heavy atom. The summed E-state index contributed by atoms with van der Waals surface area (Å²) in [4.78, 5) is 15.9. The molecule has 0 bridgehead atoms. The molecule has 0 spiro atoms. The predicted molar refractivity (Wildman–Crippen MR) is 128 cm³/mol. The molecule has 0 heterocycles.